The van der Waals surface area contributed by atoms with E-state index in [0.29, 0.717) is 5.92 Å². The summed E-state index contributed by atoms with van der Waals surface area (Å²) in [5.41, 5.74) is 1.91. The van der Waals surface area contributed by atoms with E-state index in [1.54, 1.807) is 0 Å². The van der Waals surface area contributed by atoms with E-state index < -0.39 is 0 Å². The van der Waals surface area contributed by atoms with Crippen LogP contribution in [0.2, 0.25) is 0 Å². The second-order valence-corrected chi connectivity index (χ2v) is 5.53. The van der Waals surface area contributed by atoms with E-state index in [-0.39, 0.29) is 18.2 Å². The summed E-state index contributed by atoms with van der Waals surface area (Å²) in [6.07, 6.45) is 1.00. The monoisotopic (exact) mass is 239 g/mol. The van der Waals surface area contributed by atoms with Crippen LogP contribution >= 0.6 is 0 Å². The Bertz CT molecular complexity index is 318. The van der Waals surface area contributed by atoms with Crippen LogP contribution in [-0.2, 0) is 9.53 Å². The Morgan fingerprint density at radius 2 is 1.82 bits per heavy atom. The van der Waals surface area contributed by atoms with E-state index >= 15 is 0 Å². The molecule has 0 saturated heterocycles. The summed E-state index contributed by atoms with van der Waals surface area (Å²) in [5.74, 6) is 0.734. The molecule has 1 unspecified atom stereocenters. The van der Waals surface area contributed by atoms with E-state index in [1.807, 2.05) is 32.6 Å². The van der Waals surface area contributed by atoms with Gasteiger partial charge in [0, 0.05) is 12.1 Å². The highest BCUT2D eigenvalue weighted by Crippen LogP contribution is 2.27. The predicted octanol–water partition coefficient (Wildman–Crippen LogP) is 2.96. The van der Waals surface area contributed by atoms with Gasteiger partial charge < -0.3 is 9.64 Å². The van der Waals surface area contributed by atoms with Gasteiger partial charge in [-0.1, -0.05) is 13.8 Å². The van der Waals surface area contributed by atoms with Gasteiger partial charge in [-0.2, -0.15) is 0 Å². The molecule has 0 aromatic carbocycles. The second-order valence-electron chi connectivity index (χ2n) is 5.53. The lowest BCUT2D eigenvalue weighted by atomic mass is 10.1. The SMILES string of the molecule is CC1=C(C)C(OC(C)C)N(CCC(C)C)C1=O. The maximum absolute atomic E-state index is 12.1. The highest BCUT2D eigenvalue weighted by atomic mass is 16.5. The Balaban J connectivity index is 2.76. The third-order valence-corrected chi connectivity index (χ3v) is 3.18. The molecule has 0 N–H and O–H groups in total. The molecule has 3 heteroatoms. The Kier molecular flexibility index (Phi) is 4.75. The zero-order valence-corrected chi connectivity index (χ0v) is 11.9. The summed E-state index contributed by atoms with van der Waals surface area (Å²) in [7, 11) is 0. The third-order valence-electron chi connectivity index (χ3n) is 3.18. The van der Waals surface area contributed by atoms with Crippen LogP contribution in [0.4, 0.5) is 0 Å². The number of carbonyl (C=O) groups is 1. The highest BCUT2D eigenvalue weighted by Gasteiger charge is 2.35. The van der Waals surface area contributed by atoms with Crippen molar-refractivity contribution >= 4 is 5.91 Å². The van der Waals surface area contributed by atoms with Crippen LogP contribution in [0.3, 0.4) is 0 Å². The Morgan fingerprint density at radius 3 is 2.29 bits per heavy atom. The quantitative estimate of drug-likeness (QED) is 0.738. The maximum Gasteiger partial charge on any atom is 0.251 e. The number of carbonyl (C=O) groups excluding carboxylic acids is 1. The van der Waals surface area contributed by atoms with Crippen LogP contribution in [0.15, 0.2) is 11.1 Å². The first-order valence-electron chi connectivity index (χ1n) is 6.48. The molecular weight excluding hydrogens is 214 g/mol. The molecule has 0 radical (unpaired) electrons. The van der Waals surface area contributed by atoms with Crippen LogP contribution in [-0.4, -0.2) is 29.7 Å². The van der Waals surface area contributed by atoms with Crippen molar-refractivity contribution in [3.05, 3.63) is 11.1 Å². The summed E-state index contributed by atoms with van der Waals surface area (Å²) in [5, 5.41) is 0. The lowest BCUT2D eigenvalue weighted by molar-refractivity contribution is -0.138. The average Bonchev–Trinajstić information content (AvgIpc) is 2.41. The van der Waals surface area contributed by atoms with Crippen LogP contribution < -0.4 is 0 Å². The van der Waals surface area contributed by atoms with Gasteiger partial charge >= 0.3 is 0 Å². The minimum atomic E-state index is -0.152. The number of hydrogen-bond acceptors (Lipinski definition) is 2. The van der Waals surface area contributed by atoms with Gasteiger partial charge in [0.2, 0.25) is 0 Å². The molecule has 17 heavy (non-hydrogen) atoms. The van der Waals surface area contributed by atoms with Gasteiger partial charge in [0.05, 0.1) is 6.10 Å². The fourth-order valence-corrected chi connectivity index (χ4v) is 1.96. The van der Waals surface area contributed by atoms with Crippen LogP contribution in [0.25, 0.3) is 0 Å². The molecule has 1 rings (SSSR count). The smallest absolute Gasteiger partial charge is 0.251 e. The summed E-state index contributed by atoms with van der Waals surface area (Å²) in [6, 6.07) is 0. The number of hydrogen-bond donors (Lipinski definition) is 0. The standard InChI is InChI=1S/C14H25NO2/c1-9(2)7-8-15-13(16)11(5)12(6)14(15)17-10(3)4/h9-10,14H,7-8H2,1-6H3. The summed E-state index contributed by atoms with van der Waals surface area (Å²) in [4.78, 5) is 14.0. The van der Waals surface area contributed by atoms with Gasteiger partial charge in [0.1, 0.15) is 0 Å². The van der Waals surface area contributed by atoms with Crippen molar-refractivity contribution in [2.45, 2.75) is 60.3 Å². The summed E-state index contributed by atoms with van der Waals surface area (Å²) >= 11 is 0. The Hall–Kier alpha value is -0.830. The van der Waals surface area contributed by atoms with Crippen LogP contribution in [0.5, 0.6) is 0 Å². The van der Waals surface area contributed by atoms with Gasteiger partial charge in [-0.15, -0.1) is 0 Å². The predicted molar refractivity (Wildman–Crippen MR) is 69.6 cm³/mol. The van der Waals surface area contributed by atoms with Crippen molar-refractivity contribution in [1.29, 1.82) is 0 Å². The van der Waals surface area contributed by atoms with E-state index in [9.17, 15) is 4.79 Å². The summed E-state index contributed by atoms with van der Waals surface area (Å²) in [6.45, 7) is 13.0. The molecule has 1 amide bonds. The van der Waals surface area contributed by atoms with E-state index in [4.69, 9.17) is 4.74 Å². The van der Waals surface area contributed by atoms with Crippen molar-refractivity contribution in [2.75, 3.05) is 6.54 Å². The van der Waals surface area contributed by atoms with Crippen LogP contribution in [0.1, 0.15) is 48.0 Å². The second kappa shape index (κ2) is 5.67. The molecule has 1 aliphatic rings. The van der Waals surface area contributed by atoms with Gasteiger partial charge in [-0.25, -0.2) is 0 Å². The molecule has 1 heterocycles. The average molecular weight is 239 g/mol. The third kappa shape index (κ3) is 3.32. The zero-order valence-electron chi connectivity index (χ0n) is 11.9. The molecule has 98 valence electrons. The molecule has 0 spiro atoms. The van der Waals surface area contributed by atoms with Gasteiger partial charge in [0.15, 0.2) is 6.23 Å². The largest absolute Gasteiger partial charge is 0.352 e. The van der Waals surface area contributed by atoms with Gasteiger partial charge in [-0.3, -0.25) is 4.79 Å². The minimum Gasteiger partial charge on any atom is -0.352 e. The highest BCUT2D eigenvalue weighted by molar-refractivity contribution is 5.96. The first kappa shape index (κ1) is 14.2. The first-order valence-corrected chi connectivity index (χ1v) is 6.48. The first-order chi connectivity index (χ1) is 7.84. The Morgan fingerprint density at radius 1 is 1.24 bits per heavy atom. The molecule has 1 atom stereocenters. The maximum atomic E-state index is 12.1. The van der Waals surface area contributed by atoms with E-state index in [0.717, 1.165) is 24.1 Å². The van der Waals surface area contributed by atoms with Gasteiger partial charge in [0.25, 0.3) is 5.91 Å². The lowest BCUT2D eigenvalue weighted by Crippen LogP contribution is -2.39. The minimum absolute atomic E-state index is 0.133. The van der Waals surface area contributed by atoms with Crippen molar-refractivity contribution in [3.63, 3.8) is 0 Å². The zero-order chi connectivity index (χ0) is 13.2. The van der Waals surface area contributed by atoms with Crippen molar-refractivity contribution in [3.8, 4) is 0 Å². The molecule has 1 aliphatic heterocycles. The fourth-order valence-electron chi connectivity index (χ4n) is 1.96. The molecule has 0 aliphatic carbocycles. The normalized spacial score (nSPS) is 21.3. The molecule has 0 aromatic heterocycles. The molecule has 0 saturated carbocycles. The number of nitrogens with zero attached hydrogens (tertiary/aromatic N) is 1. The fraction of sp³-hybridized carbons (Fsp3) is 0.786. The number of rotatable bonds is 5. The molecule has 0 fully saturated rings. The van der Waals surface area contributed by atoms with E-state index in [2.05, 4.69) is 13.8 Å². The molecule has 3 nitrogen and oxygen atoms in total. The van der Waals surface area contributed by atoms with E-state index in [1.165, 1.54) is 0 Å². The lowest BCUT2D eigenvalue weighted by Gasteiger charge is -2.28. The van der Waals surface area contributed by atoms with Crippen molar-refractivity contribution in [2.24, 2.45) is 5.92 Å². The number of amides is 1. The molecule has 0 aromatic rings. The van der Waals surface area contributed by atoms with Gasteiger partial charge in [-0.05, 0) is 45.6 Å². The molecular formula is C14H25NO2. The van der Waals surface area contributed by atoms with Crippen molar-refractivity contribution in [1.82, 2.24) is 4.90 Å². The Labute approximate surface area is 105 Å². The summed E-state index contributed by atoms with van der Waals surface area (Å²) < 4.78 is 5.86. The van der Waals surface area contributed by atoms with Crippen LogP contribution in [0, 0.1) is 5.92 Å². The topological polar surface area (TPSA) is 29.5 Å². The molecule has 0 bridgehead atoms. The number of ether oxygens (including phenoxy) is 1. The van der Waals surface area contributed by atoms with Crippen molar-refractivity contribution < 1.29 is 9.53 Å².